The summed E-state index contributed by atoms with van der Waals surface area (Å²) in [7, 11) is 1.33. The van der Waals surface area contributed by atoms with Crippen molar-refractivity contribution in [1.82, 2.24) is 9.13 Å². The van der Waals surface area contributed by atoms with Crippen molar-refractivity contribution >= 4 is 23.2 Å². The van der Waals surface area contributed by atoms with Gasteiger partial charge in [0, 0.05) is 12.7 Å². The molecule has 0 unspecified atom stereocenters. The third kappa shape index (κ3) is 2.27. The SMILES string of the molecule is C=Cn1c(=O)n(CC(C)C)c2ccc(C(=O)OC)cc21. The molecule has 0 radical (unpaired) electrons. The third-order valence-corrected chi connectivity index (χ3v) is 3.11. The van der Waals surface area contributed by atoms with Crippen LogP contribution >= 0.6 is 0 Å². The summed E-state index contributed by atoms with van der Waals surface area (Å²) >= 11 is 0. The Morgan fingerprint density at radius 2 is 2.10 bits per heavy atom. The maximum absolute atomic E-state index is 12.3. The van der Waals surface area contributed by atoms with Gasteiger partial charge in [0.05, 0.1) is 23.7 Å². The zero-order valence-electron chi connectivity index (χ0n) is 11.9. The van der Waals surface area contributed by atoms with Gasteiger partial charge in [-0.05, 0) is 24.1 Å². The second kappa shape index (κ2) is 5.36. The highest BCUT2D eigenvalue weighted by atomic mass is 16.5. The first-order valence-electron chi connectivity index (χ1n) is 6.45. The molecule has 5 heteroatoms. The molecule has 1 aromatic carbocycles. The van der Waals surface area contributed by atoms with E-state index < -0.39 is 5.97 Å². The number of fused-ring (bicyclic) bond motifs is 1. The smallest absolute Gasteiger partial charge is 0.337 e. The summed E-state index contributed by atoms with van der Waals surface area (Å²) < 4.78 is 7.85. The van der Waals surface area contributed by atoms with E-state index in [2.05, 4.69) is 6.58 Å². The Kier molecular flexibility index (Phi) is 3.79. The molecule has 1 aromatic heterocycles. The van der Waals surface area contributed by atoms with Gasteiger partial charge in [0.25, 0.3) is 0 Å². The zero-order chi connectivity index (χ0) is 14.9. The predicted molar refractivity (Wildman–Crippen MR) is 78.8 cm³/mol. The van der Waals surface area contributed by atoms with E-state index in [1.807, 2.05) is 13.8 Å². The van der Waals surface area contributed by atoms with Crippen molar-refractivity contribution < 1.29 is 9.53 Å². The van der Waals surface area contributed by atoms with Crippen molar-refractivity contribution in [3.05, 3.63) is 40.8 Å². The van der Waals surface area contributed by atoms with Crippen LogP contribution in [0, 0.1) is 5.92 Å². The first-order valence-corrected chi connectivity index (χ1v) is 6.45. The molecule has 0 amide bonds. The van der Waals surface area contributed by atoms with E-state index in [-0.39, 0.29) is 5.69 Å². The zero-order valence-corrected chi connectivity index (χ0v) is 11.9. The highest BCUT2D eigenvalue weighted by molar-refractivity contribution is 5.94. The molecule has 0 bridgehead atoms. The van der Waals surface area contributed by atoms with Crippen LogP contribution in [0.3, 0.4) is 0 Å². The quantitative estimate of drug-likeness (QED) is 0.804. The Morgan fingerprint density at radius 1 is 1.40 bits per heavy atom. The highest BCUT2D eigenvalue weighted by Crippen LogP contribution is 2.17. The Labute approximate surface area is 117 Å². The Balaban J connectivity index is 2.73. The van der Waals surface area contributed by atoms with E-state index in [4.69, 9.17) is 4.74 Å². The standard InChI is InChI=1S/C15H18N2O3/c1-5-16-13-8-11(14(18)20-4)6-7-12(13)17(15(16)19)9-10(2)3/h5-8,10H,1,9H2,2-4H3. The maximum atomic E-state index is 12.3. The van der Waals surface area contributed by atoms with E-state index in [0.717, 1.165) is 5.52 Å². The van der Waals surface area contributed by atoms with Crippen molar-refractivity contribution in [3.63, 3.8) is 0 Å². The number of hydrogen-bond donors (Lipinski definition) is 0. The lowest BCUT2D eigenvalue weighted by Crippen LogP contribution is -2.23. The van der Waals surface area contributed by atoms with Crippen LogP contribution in [0.1, 0.15) is 24.2 Å². The van der Waals surface area contributed by atoms with Gasteiger partial charge in [-0.2, -0.15) is 0 Å². The minimum Gasteiger partial charge on any atom is -0.465 e. The molecule has 2 rings (SSSR count). The fraction of sp³-hybridized carbons (Fsp3) is 0.333. The van der Waals surface area contributed by atoms with Crippen LogP contribution in [-0.4, -0.2) is 22.2 Å². The normalized spacial score (nSPS) is 11.0. The van der Waals surface area contributed by atoms with Gasteiger partial charge in [-0.15, -0.1) is 0 Å². The number of aromatic nitrogens is 2. The number of benzene rings is 1. The molecule has 5 nitrogen and oxygen atoms in total. The molecule has 20 heavy (non-hydrogen) atoms. The number of esters is 1. The minimum absolute atomic E-state index is 0.147. The van der Waals surface area contributed by atoms with Crippen LogP contribution in [0.4, 0.5) is 0 Å². The predicted octanol–water partition coefficient (Wildman–Crippen LogP) is 2.35. The number of carbonyl (C=O) groups excluding carboxylic acids is 1. The maximum Gasteiger partial charge on any atom is 0.337 e. The lowest BCUT2D eigenvalue weighted by Gasteiger charge is -2.06. The number of ether oxygens (including phenoxy) is 1. The molecular formula is C15H18N2O3. The molecule has 0 atom stereocenters. The fourth-order valence-corrected chi connectivity index (χ4v) is 2.24. The van der Waals surface area contributed by atoms with E-state index in [1.165, 1.54) is 17.9 Å². The topological polar surface area (TPSA) is 53.2 Å². The van der Waals surface area contributed by atoms with Crippen molar-refractivity contribution in [3.8, 4) is 0 Å². The molecule has 0 aliphatic carbocycles. The molecule has 106 valence electrons. The number of rotatable bonds is 4. The molecule has 0 spiro atoms. The largest absolute Gasteiger partial charge is 0.465 e. The summed E-state index contributed by atoms with van der Waals surface area (Å²) in [4.78, 5) is 23.9. The molecule has 0 saturated carbocycles. The molecule has 0 aliphatic rings. The number of methoxy groups -OCH3 is 1. The van der Waals surface area contributed by atoms with Crippen molar-refractivity contribution in [2.75, 3.05) is 7.11 Å². The van der Waals surface area contributed by atoms with Gasteiger partial charge in [-0.25, -0.2) is 9.59 Å². The van der Waals surface area contributed by atoms with Gasteiger partial charge in [0.2, 0.25) is 0 Å². The molecule has 0 saturated heterocycles. The first-order chi connectivity index (χ1) is 9.49. The number of imidazole rings is 1. The first kappa shape index (κ1) is 14.1. The Bertz CT molecular complexity index is 723. The van der Waals surface area contributed by atoms with Crippen LogP contribution in [0.15, 0.2) is 29.6 Å². The molecule has 0 N–H and O–H groups in total. The van der Waals surface area contributed by atoms with E-state index in [9.17, 15) is 9.59 Å². The van der Waals surface area contributed by atoms with Gasteiger partial charge >= 0.3 is 11.7 Å². The van der Waals surface area contributed by atoms with Crippen LogP contribution < -0.4 is 5.69 Å². The third-order valence-electron chi connectivity index (χ3n) is 3.11. The second-order valence-corrected chi connectivity index (χ2v) is 5.03. The summed E-state index contributed by atoms with van der Waals surface area (Å²) in [6, 6.07) is 5.09. The fourth-order valence-electron chi connectivity index (χ4n) is 2.24. The molecule has 1 heterocycles. The number of hydrogen-bond acceptors (Lipinski definition) is 3. The van der Waals surface area contributed by atoms with Crippen LogP contribution in [0.25, 0.3) is 17.2 Å². The van der Waals surface area contributed by atoms with Crippen molar-refractivity contribution in [2.45, 2.75) is 20.4 Å². The van der Waals surface area contributed by atoms with Crippen molar-refractivity contribution in [2.24, 2.45) is 5.92 Å². The van der Waals surface area contributed by atoms with E-state index in [0.29, 0.717) is 23.5 Å². The van der Waals surface area contributed by atoms with Crippen LogP contribution in [0.5, 0.6) is 0 Å². The summed E-state index contributed by atoms with van der Waals surface area (Å²) in [5.74, 6) is -0.0802. The lowest BCUT2D eigenvalue weighted by atomic mass is 10.2. The second-order valence-electron chi connectivity index (χ2n) is 5.03. The molecule has 0 fully saturated rings. The summed E-state index contributed by atoms with van der Waals surface area (Å²) in [6.45, 7) is 8.38. The van der Waals surface area contributed by atoms with Gasteiger partial charge in [-0.3, -0.25) is 9.13 Å². The van der Waals surface area contributed by atoms with Gasteiger partial charge in [0.1, 0.15) is 0 Å². The number of carbonyl (C=O) groups is 1. The lowest BCUT2D eigenvalue weighted by molar-refractivity contribution is 0.0601. The van der Waals surface area contributed by atoms with Gasteiger partial charge in [-0.1, -0.05) is 20.4 Å². The average molecular weight is 274 g/mol. The van der Waals surface area contributed by atoms with Crippen molar-refractivity contribution in [1.29, 1.82) is 0 Å². The van der Waals surface area contributed by atoms with Gasteiger partial charge in [0.15, 0.2) is 0 Å². The van der Waals surface area contributed by atoms with Crippen LogP contribution in [-0.2, 0) is 11.3 Å². The van der Waals surface area contributed by atoms with E-state index >= 15 is 0 Å². The number of nitrogens with zero attached hydrogens (tertiary/aromatic N) is 2. The Morgan fingerprint density at radius 3 is 2.65 bits per heavy atom. The monoisotopic (exact) mass is 274 g/mol. The van der Waals surface area contributed by atoms with Crippen LogP contribution in [0.2, 0.25) is 0 Å². The Hall–Kier alpha value is -2.30. The molecule has 0 aliphatic heterocycles. The summed E-state index contributed by atoms with van der Waals surface area (Å²) in [5, 5.41) is 0. The highest BCUT2D eigenvalue weighted by Gasteiger charge is 2.15. The van der Waals surface area contributed by atoms with Gasteiger partial charge < -0.3 is 4.74 Å². The average Bonchev–Trinajstić information content (AvgIpc) is 2.69. The molecule has 2 aromatic rings. The van der Waals surface area contributed by atoms with E-state index in [1.54, 1.807) is 22.8 Å². The molecular weight excluding hydrogens is 256 g/mol. The summed E-state index contributed by atoms with van der Waals surface area (Å²) in [5.41, 5.74) is 1.72. The summed E-state index contributed by atoms with van der Waals surface area (Å²) in [6.07, 6.45) is 1.46. The minimum atomic E-state index is -0.424.